The van der Waals surface area contributed by atoms with Crippen molar-refractivity contribution in [3.8, 4) is 0 Å². The molecule has 2 heteroatoms. The Morgan fingerprint density at radius 1 is 1.15 bits per heavy atom. The molecule has 1 nitrogen and oxygen atoms in total. The summed E-state index contributed by atoms with van der Waals surface area (Å²) in [6.45, 7) is 0. The fraction of sp³-hybridized carbons (Fsp3) is 0.0909. The minimum absolute atomic E-state index is 0.0196. The van der Waals surface area contributed by atoms with Crippen LogP contribution >= 0.6 is 15.9 Å². The molecule has 1 aliphatic rings. The Hall–Kier alpha value is -1.02. The van der Waals surface area contributed by atoms with Gasteiger partial charge in [-0.1, -0.05) is 46.3 Å². The Bertz CT molecular complexity index is 340. The monoisotopic (exact) mass is 236 g/mol. The van der Waals surface area contributed by atoms with Gasteiger partial charge in [-0.05, 0) is 17.7 Å². The SMILES string of the molecule is BrC1=CC=COC1c1ccccc1. The number of rotatable bonds is 1. The van der Waals surface area contributed by atoms with Gasteiger partial charge in [0.1, 0.15) is 0 Å². The van der Waals surface area contributed by atoms with Gasteiger partial charge in [0.25, 0.3) is 0 Å². The van der Waals surface area contributed by atoms with E-state index in [2.05, 4.69) is 28.1 Å². The molecule has 13 heavy (non-hydrogen) atoms. The minimum atomic E-state index is 0.0196. The third-order valence-corrected chi connectivity index (χ3v) is 2.58. The van der Waals surface area contributed by atoms with Crippen molar-refractivity contribution in [1.29, 1.82) is 0 Å². The summed E-state index contributed by atoms with van der Waals surface area (Å²) in [7, 11) is 0. The first kappa shape index (κ1) is 8.57. The molecule has 1 aliphatic heterocycles. The molecule has 2 rings (SSSR count). The highest BCUT2D eigenvalue weighted by atomic mass is 79.9. The summed E-state index contributed by atoms with van der Waals surface area (Å²) in [6, 6.07) is 10.1. The van der Waals surface area contributed by atoms with Gasteiger partial charge in [0.2, 0.25) is 0 Å². The van der Waals surface area contributed by atoms with E-state index in [4.69, 9.17) is 4.74 Å². The van der Waals surface area contributed by atoms with Gasteiger partial charge in [0.05, 0.1) is 6.26 Å². The van der Waals surface area contributed by atoms with Crippen LogP contribution in [0.5, 0.6) is 0 Å². The first-order valence-corrected chi connectivity index (χ1v) is 4.90. The predicted molar refractivity (Wildman–Crippen MR) is 56.4 cm³/mol. The third-order valence-electron chi connectivity index (χ3n) is 1.90. The van der Waals surface area contributed by atoms with E-state index in [-0.39, 0.29) is 6.10 Å². The molecule has 0 radical (unpaired) electrons. The van der Waals surface area contributed by atoms with Gasteiger partial charge in [-0.15, -0.1) is 0 Å². The van der Waals surface area contributed by atoms with Crippen molar-refractivity contribution >= 4 is 15.9 Å². The normalized spacial score (nSPS) is 20.7. The highest BCUT2D eigenvalue weighted by Crippen LogP contribution is 2.32. The van der Waals surface area contributed by atoms with Gasteiger partial charge in [-0.3, -0.25) is 0 Å². The second-order valence-electron chi connectivity index (χ2n) is 2.81. The van der Waals surface area contributed by atoms with E-state index in [1.165, 1.54) is 0 Å². The summed E-state index contributed by atoms with van der Waals surface area (Å²) < 4.78 is 6.54. The average Bonchev–Trinajstić information content (AvgIpc) is 2.20. The molecule has 1 aromatic rings. The maximum Gasteiger partial charge on any atom is 0.154 e. The van der Waals surface area contributed by atoms with Crippen LogP contribution in [0.3, 0.4) is 0 Å². The highest BCUT2D eigenvalue weighted by molar-refractivity contribution is 9.11. The van der Waals surface area contributed by atoms with E-state index in [0.717, 1.165) is 10.0 Å². The third kappa shape index (κ3) is 1.83. The van der Waals surface area contributed by atoms with Crippen LogP contribution in [0.4, 0.5) is 0 Å². The summed E-state index contributed by atoms with van der Waals surface area (Å²) >= 11 is 3.48. The molecule has 0 saturated heterocycles. The fourth-order valence-corrected chi connectivity index (χ4v) is 1.80. The fourth-order valence-electron chi connectivity index (χ4n) is 1.27. The zero-order chi connectivity index (χ0) is 9.10. The average molecular weight is 237 g/mol. The summed E-state index contributed by atoms with van der Waals surface area (Å²) in [5, 5.41) is 0. The molecule has 0 N–H and O–H groups in total. The lowest BCUT2D eigenvalue weighted by molar-refractivity contribution is 0.183. The van der Waals surface area contributed by atoms with E-state index in [1.54, 1.807) is 6.26 Å². The topological polar surface area (TPSA) is 9.23 Å². The molecule has 0 spiro atoms. The number of benzene rings is 1. The van der Waals surface area contributed by atoms with Crippen LogP contribution in [0.25, 0.3) is 0 Å². The summed E-state index contributed by atoms with van der Waals surface area (Å²) in [5.74, 6) is 0. The molecule has 0 aromatic heterocycles. The van der Waals surface area contributed by atoms with Crippen LogP contribution < -0.4 is 0 Å². The van der Waals surface area contributed by atoms with E-state index in [9.17, 15) is 0 Å². The molecule has 0 fully saturated rings. The van der Waals surface area contributed by atoms with Gasteiger partial charge >= 0.3 is 0 Å². The zero-order valence-corrected chi connectivity index (χ0v) is 8.57. The molecular weight excluding hydrogens is 228 g/mol. The minimum Gasteiger partial charge on any atom is -0.488 e. The lowest BCUT2D eigenvalue weighted by Crippen LogP contribution is -2.02. The van der Waals surface area contributed by atoms with Crippen LogP contribution in [-0.2, 0) is 4.74 Å². The quantitative estimate of drug-likeness (QED) is 0.725. The molecule has 0 bridgehead atoms. The second kappa shape index (κ2) is 3.79. The van der Waals surface area contributed by atoms with Crippen LogP contribution in [-0.4, -0.2) is 0 Å². The Balaban J connectivity index is 2.28. The van der Waals surface area contributed by atoms with Gasteiger partial charge in [-0.2, -0.15) is 0 Å². The Kier molecular flexibility index (Phi) is 2.50. The van der Waals surface area contributed by atoms with Crippen LogP contribution in [0.1, 0.15) is 11.7 Å². The maximum atomic E-state index is 5.48. The largest absolute Gasteiger partial charge is 0.488 e. The van der Waals surface area contributed by atoms with Gasteiger partial charge < -0.3 is 4.74 Å². The first-order valence-electron chi connectivity index (χ1n) is 4.10. The number of hydrogen-bond donors (Lipinski definition) is 0. The molecule has 1 atom stereocenters. The van der Waals surface area contributed by atoms with Gasteiger partial charge in [0, 0.05) is 4.48 Å². The number of halogens is 1. The molecular formula is C11H9BrO. The molecule has 1 heterocycles. The Morgan fingerprint density at radius 2 is 1.92 bits per heavy atom. The van der Waals surface area contributed by atoms with Crippen LogP contribution in [0.2, 0.25) is 0 Å². The summed E-state index contributed by atoms with van der Waals surface area (Å²) in [6.07, 6.45) is 5.61. The standard InChI is InChI=1S/C11H9BrO/c12-10-7-4-8-13-11(10)9-5-2-1-3-6-9/h1-8,11H. The second-order valence-corrected chi connectivity index (χ2v) is 3.72. The number of ether oxygens (including phenoxy) is 1. The van der Waals surface area contributed by atoms with Crippen molar-refractivity contribution in [2.45, 2.75) is 6.10 Å². The van der Waals surface area contributed by atoms with Gasteiger partial charge in [-0.25, -0.2) is 0 Å². The lowest BCUT2D eigenvalue weighted by atomic mass is 10.1. The van der Waals surface area contributed by atoms with Gasteiger partial charge in [0.15, 0.2) is 6.10 Å². The zero-order valence-electron chi connectivity index (χ0n) is 6.98. The van der Waals surface area contributed by atoms with Crippen molar-refractivity contribution in [1.82, 2.24) is 0 Å². The Labute approximate surface area is 85.9 Å². The van der Waals surface area contributed by atoms with E-state index < -0.39 is 0 Å². The van der Waals surface area contributed by atoms with Crippen molar-refractivity contribution in [3.05, 3.63) is 58.8 Å². The molecule has 0 saturated carbocycles. The Morgan fingerprint density at radius 3 is 2.62 bits per heavy atom. The van der Waals surface area contributed by atoms with E-state index >= 15 is 0 Å². The first-order chi connectivity index (χ1) is 6.38. The van der Waals surface area contributed by atoms with Crippen LogP contribution in [0, 0.1) is 0 Å². The van der Waals surface area contributed by atoms with Crippen molar-refractivity contribution in [3.63, 3.8) is 0 Å². The highest BCUT2D eigenvalue weighted by Gasteiger charge is 2.15. The van der Waals surface area contributed by atoms with E-state index in [0.29, 0.717) is 0 Å². The molecule has 0 amide bonds. The summed E-state index contributed by atoms with van der Waals surface area (Å²) in [4.78, 5) is 0. The molecule has 66 valence electrons. The molecule has 1 aromatic carbocycles. The van der Waals surface area contributed by atoms with Crippen molar-refractivity contribution in [2.24, 2.45) is 0 Å². The van der Waals surface area contributed by atoms with E-state index in [1.807, 2.05) is 30.4 Å². The van der Waals surface area contributed by atoms with Crippen molar-refractivity contribution in [2.75, 3.05) is 0 Å². The smallest absolute Gasteiger partial charge is 0.154 e. The molecule has 1 unspecified atom stereocenters. The van der Waals surface area contributed by atoms with Crippen LogP contribution in [0.15, 0.2) is 53.2 Å². The number of hydrogen-bond acceptors (Lipinski definition) is 1. The molecule has 0 aliphatic carbocycles. The summed E-state index contributed by atoms with van der Waals surface area (Å²) in [5.41, 5.74) is 1.16. The maximum absolute atomic E-state index is 5.48. The number of allylic oxidation sites excluding steroid dienone is 2. The van der Waals surface area contributed by atoms with Crippen molar-refractivity contribution < 1.29 is 4.74 Å². The lowest BCUT2D eigenvalue weighted by Gasteiger charge is -2.18. The predicted octanol–water partition coefficient (Wildman–Crippen LogP) is 3.55.